The Labute approximate surface area is 132 Å². The second-order valence-electron chi connectivity index (χ2n) is 5.12. The highest BCUT2D eigenvalue weighted by Crippen LogP contribution is 2.26. The van der Waals surface area contributed by atoms with Gasteiger partial charge in [-0.2, -0.15) is 0 Å². The summed E-state index contributed by atoms with van der Waals surface area (Å²) in [6.45, 7) is 3.39. The predicted octanol–water partition coefficient (Wildman–Crippen LogP) is 3.74. The fourth-order valence-corrected chi connectivity index (χ4v) is 2.29. The van der Waals surface area contributed by atoms with E-state index in [0.29, 0.717) is 33.8 Å². The Morgan fingerprint density at radius 1 is 1.26 bits per heavy atom. The minimum atomic E-state index is -0.364. The summed E-state index contributed by atoms with van der Waals surface area (Å²) >= 11 is 0. The number of pyridine rings is 1. The van der Waals surface area contributed by atoms with Crippen LogP contribution in [-0.4, -0.2) is 16.0 Å². The van der Waals surface area contributed by atoms with Crippen molar-refractivity contribution in [2.75, 3.05) is 5.32 Å². The quantitative estimate of drug-likeness (QED) is 0.800. The molecule has 0 unspecified atom stereocenters. The first-order valence-electron chi connectivity index (χ1n) is 7.00. The SMILES string of the molecule is Cc1cc(F)ccc1NC(=O)c1c(-c2cccnc2)noc1C. The zero-order valence-corrected chi connectivity index (χ0v) is 12.6. The summed E-state index contributed by atoms with van der Waals surface area (Å²) in [4.78, 5) is 16.6. The van der Waals surface area contributed by atoms with Crippen LogP contribution in [0.5, 0.6) is 0 Å². The van der Waals surface area contributed by atoms with Gasteiger partial charge in [-0.05, 0) is 49.7 Å². The molecule has 0 spiro atoms. The van der Waals surface area contributed by atoms with Crippen LogP contribution in [0.25, 0.3) is 11.3 Å². The smallest absolute Gasteiger partial charge is 0.261 e. The molecule has 0 saturated heterocycles. The maximum Gasteiger partial charge on any atom is 0.261 e. The molecule has 1 N–H and O–H groups in total. The molecular weight excluding hydrogens is 297 g/mol. The third-order valence-corrected chi connectivity index (χ3v) is 3.46. The molecule has 0 aliphatic carbocycles. The molecule has 0 saturated carbocycles. The number of halogens is 1. The molecule has 0 fully saturated rings. The number of rotatable bonds is 3. The number of nitrogens with zero attached hydrogens (tertiary/aromatic N) is 2. The molecule has 5 nitrogen and oxygen atoms in total. The number of carbonyl (C=O) groups is 1. The molecule has 3 rings (SSSR count). The van der Waals surface area contributed by atoms with E-state index in [-0.39, 0.29) is 11.7 Å². The Morgan fingerprint density at radius 3 is 2.78 bits per heavy atom. The fraction of sp³-hybridized carbons (Fsp3) is 0.118. The summed E-state index contributed by atoms with van der Waals surface area (Å²) in [5.74, 6) is -0.309. The van der Waals surface area contributed by atoms with Crippen molar-refractivity contribution in [1.82, 2.24) is 10.1 Å². The number of anilines is 1. The number of aryl methyl sites for hydroxylation is 2. The topological polar surface area (TPSA) is 68.0 Å². The largest absolute Gasteiger partial charge is 0.360 e. The van der Waals surface area contributed by atoms with E-state index in [1.54, 1.807) is 38.4 Å². The Kier molecular flexibility index (Phi) is 3.89. The highest BCUT2D eigenvalue weighted by molar-refractivity contribution is 6.09. The van der Waals surface area contributed by atoms with Crippen LogP contribution in [0, 0.1) is 19.7 Å². The van der Waals surface area contributed by atoms with E-state index in [2.05, 4.69) is 15.5 Å². The monoisotopic (exact) mass is 311 g/mol. The first kappa shape index (κ1) is 14.9. The molecule has 2 aromatic heterocycles. The van der Waals surface area contributed by atoms with Crippen molar-refractivity contribution in [2.45, 2.75) is 13.8 Å². The highest BCUT2D eigenvalue weighted by Gasteiger charge is 2.22. The van der Waals surface area contributed by atoms with E-state index in [9.17, 15) is 9.18 Å². The molecule has 0 aliphatic heterocycles. The Balaban J connectivity index is 1.96. The lowest BCUT2D eigenvalue weighted by Gasteiger charge is -2.08. The molecule has 3 aromatic rings. The molecule has 23 heavy (non-hydrogen) atoms. The second kappa shape index (κ2) is 6.00. The zero-order chi connectivity index (χ0) is 16.4. The van der Waals surface area contributed by atoms with Gasteiger partial charge in [-0.1, -0.05) is 5.16 Å². The van der Waals surface area contributed by atoms with Gasteiger partial charge in [0.15, 0.2) is 0 Å². The van der Waals surface area contributed by atoms with Gasteiger partial charge in [0.1, 0.15) is 22.8 Å². The van der Waals surface area contributed by atoms with E-state index in [0.717, 1.165) is 0 Å². The lowest BCUT2D eigenvalue weighted by atomic mass is 10.1. The van der Waals surface area contributed by atoms with Gasteiger partial charge in [0.05, 0.1) is 0 Å². The van der Waals surface area contributed by atoms with Gasteiger partial charge in [-0.15, -0.1) is 0 Å². The summed E-state index contributed by atoms with van der Waals surface area (Å²) < 4.78 is 18.3. The number of aromatic nitrogens is 2. The standard InChI is InChI=1S/C17H14FN3O2/c1-10-8-13(18)5-6-14(10)20-17(22)15-11(2)23-21-16(15)12-4-3-7-19-9-12/h3-9H,1-2H3,(H,20,22). The van der Waals surface area contributed by atoms with Crippen LogP contribution in [-0.2, 0) is 0 Å². The van der Waals surface area contributed by atoms with Crippen molar-refractivity contribution >= 4 is 11.6 Å². The first-order chi connectivity index (χ1) is 11.1. The van der Waals surface area contributed by atoms with Crippen molar-refractivity contribution in [3.8, 4) is 11.3 Å². The van der Waals surface area contributed by atoms with Gasteiger partial charge < -0.3 is 9.84 Å². The third kappa shape index (κ3) is 2.96. The molecule has 116 valence electrons. The van der Waals surface area contributed by atoms with Crippen LogP contribution in [0.4, 0.5) is 10.1 Å². The molecule has 0 atom stereocenters. The van der Waals surface area contributed by atoms with E-state index >= 15 is 0 Å². The van der Waals surface area contributed by atoms with Crippen LogP contribution >= 0.6 is 0 Å². The fourth-order valence-electron chi connectivity index (χ4n) is 2.29. The molecule has 0 bridgehead atoms. The van der Waals surface area contributed by atoms with Crippen molar-refractivity contribution in [3.05, 3.63) is 65.4 Å². The molecule has 2 heterocycles. The number of hydrogen-bond acceptors (Lipinski definition) is 4. The number of hydrogen-bond donors (Lipinski definition) is 1. The maximum atomic E-state index is 13.2. The van der Waals surface area contributed by atoms with Gasteiger partial charge in [0.25, 0.3) is 5.91 Å². The third-order valence-electron chi connectivity index (χ3n) is 3.46. The van der Waals surface area contributed by atoms with Crippen LogP contribution in [0.3, 0.4) is 0 Å². The van der Waals surface area contributed by atoms with Gasteiger partial charge in [0, 0.05) is 23.6 Å². The molecular formula is C17H14FN3O2. The van der Waals surface area contributed by atoms with E-state index in [1.807, 2.05) is 0 Å². The molecule has 0 radical (unpaired) electrons. The summed E-state index contributed by atoms with van der Waals surface area (Å²) in [5, 5.41) is 6.71. The highest BCUT2D eigenvalue weighted by atomic mass is 19.1. The van der Waals surface area contributed by atoms with Gasteiger partial charge >= 0.3 is 0 Å². The number of amides is 1. The van der Waals surface area contributed by atoms with Gasteiger partial charge in [-0.25, -0.2) is 4.39 Å². The van der Waals surface area contributed by atoms with Crippen LogP contribution in [0.2, 0.25) is 0 Å². The summed E-state index contributed by atoms with van der Waals surface area (Å²) in [6, 6.07) is 7.73. The van der Waals surface area contributed by atoms with Crippen LogP contribution < -0.4 is 5.32 Å². The molecule has 0 aliphatic rings. The maximum absolute atomic E-state index is 13.2. The van der Waals surface area contributed by atoms with Crippen molar-refractivity contribution in [2.24, 2.45) is 0 Å². The predicted molar refractivity (Wildman–Crippen MR) is 83.6 cm³/mol. The Morgan fingerprint density at radius 2 is 2.09 bits per heavy atom. The summed E-state index contributed by atoms with van der Waals surface area (Å²) in [7, 11) is 0. The Hall–Kier alpha value is -3.02. The van der Waals surface area contributed by atoms with Crippen LogP contribution in [0.1, 0.15) is 21.7 Å². The number of carbonyl (C=O) groups excluding carboxylic acids is 1. The van der Waals surface area contributed by atoms with Gasteiger partial charge in [0.2, 0.25) is 0 Å². The minimum absolute atomic E-state index is 0.335. The number of nitrogens with one attached hydrogen (secondary N) is 1. The Bertz CT molecular complexity index is 860. The van der Waals surface area contributed by atoms with Crippen molar-refractivity contribution in [1.29, 1.82) is 0 Å². The second-order valence-corrected chi connectivity index (χ2v) is 5.12. The van der Waals surface area contributed by atoms with E-state index < -0.39 is 0 Å². The van der Waals surface area contributed by atoms with Crippen molar-refractivity contribution < 1.29 is 13.7 Å². The lowest BCUT2D eigenvalue weighted by Crippen LogP contribution is -2.14. The van der Waals surface area contributed by atoms with E-state index in [1.165, 1.54) is 18.2 Å². The molecule has 1 amide bonds. The zero-order valence-electron chi connectivity index (χ0n) is 12.6. The van der Waals surface area contributed by atoms with Crippen LogP contribution in [0.15, 0.2) is 47.2 Å². The lowest BCUT2D eigenvalue weighted by molar-refractivity contribution is 0.102. The minimum Gasteiger partial charge on any atom is -0.360 e. The normalized spacial score (nSPS) is 10.6. The average Bonchev–Trinajstić information content (AvgIpc) is 2.93. The van der Waals surface area contributed by atoms with Gasteiger partial charge in [-0.3, -0.25) is 9.78 Å². The van der Waals surface area contributed by atoms with E-state index in [4.69, 9.17) is 4.52 Å². The molecule has 1 aromatic carbocycles. The summed E-state index contributed by atoms with van der Waals surface area (Å²) in [5.41, 5.74) is 2.62. The first-order valence-corrected chi connectivity index (χ1v) is 7.00. The van der Waals surface area contributed by atoms with Crippen molar-refractivity contribution in [3.63, 3.8) is 0 Å². The molecule has 6 heteroatoms. The average molecular weight is 311 g/mol. The summed E-state index contributed by atoms with van der Waals surface area (Å²) in [6.07, 6.45) is 3.25. The number of benzene rings is 1.